The number of benzene rings is 8. The zero-order valence-electron chi connectivity index (χ0n) is 77.7. The quantitative estimate of drug-likeness (QED) is 0.0633. The van der Waals surface area contributed by atoms with Gasteiger partial charge in [-0.1, -0.05) is 263 Å². The first-order valence-electron chi connectivity index (χ1n) is 43.1. The SMILES string of the molecule is CC(C)(C)c1cc2c(OCC#N)c(c1)Cc1cc(C(C)(C)C)cc(c1OCC#N)Cc1cc(C(C)(C)C)cc(c1OCC(=O)NCCNC(=O)COc1c3cc(C(C)(C)C)cc1Cc1cc(C(C)(C)C)cc(c1OCC#N)Cc1cc(C(C)(C)C)cc(c1OCC#N)Cc1cc(C(C)(C)C)cc(c1OCC#N)C3)Cc1cc(C(C)(C)C)cc(c1OCC#N)C2. The van der Waals surface area contributed by atoms with E-state index < -0.39 is 35.9 Å². The minimum absolute atomic E-state index is 0.0167. The van der Waals surface area contributed by atoms with Gasteiger partial charge in [-0.2, -0.15) is 31.6 Å². The number of fused-ring (bicyclic) bond motifs is 16. The summed E-state index contributed by atoms with van der Waals surface area (Å²) in [5, 5.41) is 67.8. The van der Waals surface area contributed by atoms with Crippen LogP contribution < -0.4 is 48.5 Å². The Bertz CT molecular complexity index is 5020. The third kappa shape index (κ3) is 23.3. The summed E-state index contributed by atoms with van der Waals surface area (Å²) in [5.41, 5.74) is 17.8. The van der Waals surface area contributed by atoms with Gasteiger partial charge < -0.3 is 48.5 Å². The maximum atomic E-state index is 14.7. The van der Waals surface area contributed by atoms with Gasteiger partial charge in [0, 0.05) is 64.5 Å². The lowest BCUT2D eigenvalue weighted by Crippen LogP contribution is -2.38. The molecule has 0 unspecified atom stereocenters. The van der Waals surface area contributed by atoms with Crippen LogP contribution in [0.25, 0.3) is 0 Å². The van der Waals surface area contributed by atoms with Crippen LogP contribution in [-0.4, -0.2) is 77.8 Å². The molecule has 0 saturated carbocycles. The summed E-state index contributed by atoms with van der Waals surface area (Å²) in [4.78, 5) is 29.4. The summed E-state index contributed by atoms with van der Waals surface area (Å²) in [7, 11) is 0. The van der Waals surface area contributed by atoms with Crippen LogP contribution >= 0.6 is 0 Å². The standard InChI is InChI=1S/C106H126N8O10/c1-99(2,3)81-47-65-39-69-51-83(101(7,8)9)55-73(93(69)119-35-27-109)43-77-59-87(105(19,20)21)60-78(44-74-56-84(102(10,11)12)52-70(94(74)120-36-28-110)40-66(48-81)91(65)117-33-25-107)97(77)123-63-89(115)113-31-32-114-90(116)64-124-98-79-45-75-57-85(103(13,14)15)53-71(95(75)121-37-29-111)41-67-49-82(100(4,5)6)50-68(92(67)118-34-26-108)42-72-54-86(104(16,17)18)58-76(96(72)122-38-30-112)46-80(98)62-88(61-79)106(22,23)24/h47-62H,31-46,63-64H2,1-24H3,(H,113,115)(H,114,116). The fraction of sp³-hybridized carbons (Fsp3) is 0.472. The van der Waals surface area contributed by atoms with Crippen molar-refractivity contribution in [2.45, 2.75) is 261 Å². The van der Waals surface area contributed by atoms with Crippen molar-refractivity contribution < 1.29 is 47.5 Å². The maximum Gasteiger partial charge on any atom is 0.258 e. The summed E-state index contributed by atoms with van der Waals surface area (Å²) in [6.07, 6.45) is 2.14. The summed E-state index contributed by atoms with van der Waals surface area (Å²) in [6, 6.07) is 47.7. The Morgan fingerprint density at radius 3 is 0.444 bits per heavy atom. The van der Waals surface area contributed by atoms with Crippen molar-refractivity contribution >= 4 is 11.8 Å². The molecule has 2 aliphatic carbocycles. The van der Waals surface area contributed by atoms with Gasteiger partial charge in [-0.25, -0.2) is 0 Å². The predicted octanol–water partition coefficient (Wildman–Crippen LogP) is 20.5. The minimum Gasteiger partial charge on any atom is -0.483 e. The van der Waals surface area contributed by atoms with Gasteiger partial charge in [0.05, 0.1) is 0 Å². The van der Waals surface area contributed by atoms with Gasteiger partial charge in [-0.15, -0.1) is 0 Å². The molecular weight excluding hydrogens is 1550 g/mol. The second-order valence-electron chi connectivity index (χ2n) is 41.4. The van der Waals surface area contributed by atoms with Crippen molar-refractivity contribution in [3.05, 3.63) is 231 Å². The van der Waals surface area contributed by atoms with Crippen molar-refractivity contribution in [3.63, 3.8) is 0 Å². The van der Waals surface area contributed by atoms with Crippen LogP contribution in [0.2, 0.25) is 0 Å². The Hall–Kier alpha value is -12.0. The van der Waals surface area contributed by atoms with Crippen LogP contribution in [-0.2, 0) is 104 Å². The highest BCUT2D eigenvalue weighted by Gasteiger charge is 2.35. The lowest BCUT2D eigenvalue weighted by Gasteiger charge is -2.29. The average molecular weight is 1670 g/mol. The number of carbonyl (C=O) groups is 2. The molecule has 0 aromatic heterocycles. The molecule has 2 aliphatic rings. The molecule has 0 atom stereocenters. The zero-order chi connectivity index (χ0) is 91.0. The van der Waals surface area contributed by atoms with E-state index in [0.29, 0.717) is 71.7 Å². The van der Waals surface area contributed by atoms with Crippen LogP contribution in [0.1, 0.15) is 300 Å². The number of carbonyl (C=O) groups excluding carboxylic acids is 2. The molecule has 8 aromatic rings. The Morgan fingerprint density at radius 1 is 0.226 bits per heavy atom. The number of hydrogen-bond donors (Lipinski definition) is 2. The smallest absolute Gasteiger partial charge is 0.258 e. The molecule has 2 amide bonds. The molecule has 0 spiro atoms. The normalized spacial score (nSPS) is 13.1. The van der Waals surface area contributed by atoms with Crippen LogP contribution in [0.4, 0.5) is 0 Å². The number of nitriles is 6. The van der Waals surface area contributed by atoms with E-state index in [1.165, 1.54) is 0 Å². The Morgan fingerprint density at radius 2 is 0.339 bits per heavy atom. The lowest BCUT2D eigenvalue weighted by molar-refractivity contribution is -0.124. The molecule has 124 heavy (non-hydrogen) atoms. The van der Waals surface area contributed by atoms with Crippen molar-refractivity contribution in [1.29, 1.82) is 31.6 Å². The van der Waals surface area contributed by atoms with Crippen molar-refractivity contribution in [2.24, 2.45) is 0 Å². The lowest BCUT2D eigenvalue weighted by atomic mass is 9.79. The molecule has 0 aliphatic heterocycles. The molecule has 16 bridgehead atoms. The first-order valence-corrected chi connectivity index (χ1v) is 43.1. The van der Waals surface area contributed by atoms with E-state index in [9.17, 15) is 41.2 Å². The third-order valence-corrected chi connectivity index (χ3v) is 23.1. The van der Waals surface area contributed by atoms with Crippen LogP contribution in [0.3, 0.4) is 0 Å². The molecule has 10 rings (SSSR count). The highest BCUT2D eigenvalue weighted by molar-refractivity contribution is 5.79. The van der Waals surface area contributed by atoms with E-state index >= 15 is 0 Å². The van der Waals surface area contributed by atoms with Gasteiger partial charge in [-0.3, -0.25) is 9.59 Å². The number of amides is 2. The molecule has 0 saturated heterocycles. The monoisotopic (exact) mass is 1670 g/mol. The molecule has 0 radical (unpaired) electrons. The van der Waals surface area contributed by atoms with Crippen molar-refractivity contribution in [3.8, 4) is 82.4 Å². The Balaban J connectivity index is 1.05. The van der Waals surface area contributed by atoms with E-state index in [0.717, 1.165) is 134 Å². The average Bonchev–Trinajstić information content (AvgIpc) is 0.760. The minimum atomic E-state index is -0.455. The van der Waals surface area contributed by atoms with Crippen molar-refractivity contribution in [2.75, 3.05) is 65.9 Å². The van der Waals surface area contributed by atoms with E-state index in [-0.39, 0.29) is 111 Å². The fourth-order valence-electron chi connectivity index (χ4n) is 16.1. The fourth-order valence-corrected chi connectivity index (χ4v) is 16.1. The number of ether oxygens (including phenoxy) is 8. The summed E-state index contributed by atoms with van der Waals surface area (Å²) >= 11 is 0. The highest BCUT2D eigenvalue weighted by atomic mass is 16.5. The van der Waals surface area contributed by atoms with Crippen molar-refractivity contribution in [1.82, 2.24) is 10.6 Å². The molecule has 2 N–H and O–H groups in total. The number of nitrogens with zero attached hydrogens (tertiary/aromatic N) is 6. The van der Waals surface area contributed by atoms with Crippen LogP contribution in [0, 0.1) is 68.0 Å². The summed E-state index contributed by atoms with van der Waals surface area (Å²) in [6.45, 7) is 49.6. The second-order valence-corrected chi connectivity index (χ2v) is 41.4. The van der Waals surface area contributed by atoms with Gasteiger partial charge in [0.25, 0.3) is 11.8 Å². The zero-order valence-corrected chi connectivity index (χ0v) is 77.7. The van der Waals surface area contributed by atoms with Gasteiger partial charge in [-0.05, 0) is 177 Å². The molecule has 650 valence electrons. The predicted molar refractivity (Wildman–Crippen MR) is 487 cm³/mol. The number of hydrogen-bond acceptors (Lipinski definition) is 16. The maximum absolute atomic E-state index is 14.7. The van der Waals surface area contributed by atoms with Crippen LogP contribution in [0.15, 0.2) is 97.1 Å². The molecule has 18 nitrogen and oxygen atoms in total. The van der Waals surface area contributed by atoms with Gasteiger partial charge in [0.15, 0.2) is 52.9 Å². The van der Waals surface area contributed by atoms with Gasteiger partial charge in [0.2, 0.25) is 0 Å². The third-order valence-electron chi connectivity index (χ3n) is 23.1. The molecule has 18 heteroatoms. The first kappa shape index (κ1) is 94.3. The van der Waals surface area contributed by atoms with Gasteiger partial charge in [0.1, 0.15) is 82.4 Å². The topological polar surface area (TPSA) is 275 Å². The largest absolute Gasteiger partial charge is 0.483 e. The molecule has 8 aromatic carbocycles. The van der Waals surface area contributed by atoms with E-state index in [2.05, 4.69) is 310 Å². The first-order chi connectivity index (χ1) is 58.0. The molecule has 0 heterocycles. The van der Waals surface area contributed by atoms with E-state index in [4.69, 9.17) is 37.9 Å². The Labute approximate surface area is 737 Å². The highest BCUT2D eigenvalue weighted by Crippen LogP contribution is 2.49. The van der Waals surface area contributed by atoms with Gasteiger partial charge >= 0.3 is 0 Å². The second kappa shape index (κ2) is 38.0. The van der Waals surface area contributed by atoms with Crippen LogP contribution in [0.5, 0.6) is 46.0 Å². The Kier molecular flexibility index (Phi) is 28.9. The number of rotatable bonds is 21. The molecular formula is C106H126N8O10. The summed E-state index contributed by atoms with van der Waals surface area (Å²) in [5.74, 6) is 3.23. The van der Waals surface area contributed by atoms with E-state index in [1.54, 1.807) is 0 Å². The van der Waals surface area contributed by atoms with E-state index in [1.807, 2.05) is 0 Å². The molecule has 0 fully saturated rings. The number of nitrogens with one attached hydrogen (secondary N) is 2. The summed E-state index contributed by atoms with van der Waals surface area (Å²) < 4.78 is 53.9.